The number of hydrogen-bond donors (Lipinski definition) is 2. The van der Waals surface area contributed by atoms with Crippen LogP contribution in [-0.2, 0) is 6.54 Å². The molecule has 134 valence electrons. The van der Waals surface area contributed by atoms with Crippen molar-refractivity contribution in [3.63, 3.8) is 0 Å². The summed E-state index contributed by atoms with van der Waals surface area (Å²) in [4.78, 5) is 8.21. The Morgan fingerprint density at radius 2 is 2.08 bits per heavy atom. The second kappa shape index (κ2) is 7.94. The van der Waals surface area contributed by atoms with E-state index >= 15 is 0 Å². The standard InChI is InChI=1S/C17H27F2N5/c1-20-17(22-11-15-21-8-9-24(15)16(18)19)23-14-7-6-12-4-2-3-5-13(12)10-14/h8-9,12-14,16H,2-7,10-11H2,1H3,(H2,20,22,23). The summed E-state index contributed by atoms with van der Waals surface area (Å²) in [6.45, 7) is -2.34. The van der Waals surface area contributed by atoms with Gasteiger partial charge in [-0.3, -0.25) is 9.56 Å². The monoisotopic (exact) mass is 339 g/mol. The van der Waals surface area contributed by atoms with Crippen molar-refractivity contribution in [2.24, 2.45) is 16.8 Å². The molecule has 0 aliphatic heterocycles. The molecule has 3 rings (SSSR count). The topological polar surface area (TPSA) is 54.2 Å². The minimum atomic E-state index is -2.57. The van der Waals surface area contributed by atoms with E-state index in [9.17, 15) is 8.78 Å². The Morgan fingerprint density at radius 3 is 2.83 bits per heavy atom. The van der Waals surface area contributed by atoms with Gasteiger partial charge in [-0.2, -0.15) is 8.78 Å². The Kier molecular flexibility index (Phi) is 5.68. The molecule has 0 spiro atoms. The van der Waals surface area contributed by atoms with Gasteiger partial charge in [0.25, 0.3) is 0 Å². The second-order valence-corrected chi connectivity index (χ2v) is 6.91. The van der Waals surface area contributed by atoms with E-state index in [0.717, 1.165) is 22.8 Å². The summed E-state index contributed by atoms with van der Waals surface area (Å²) in [6.07, 6.45) is 11.8. The van der Waals surface area contributed by atoms with Crippen molar-refractivity contribution in [1.82, 2.24) is 20.2 Å². The molecule has 1 aromatic heterocycles. The first-order valence-electron chi connectivity index (χ1n) is 8.94. The number of aromatic nitrogens is 2. The van der Waals surface area contributed by atoms with E-state index in [-0.39, 0.29) is 6.54 Å². The summed E-state index contributed by atoms with van der Waals surface area (Å²) in [5, 5.41) is 6.57. The average Bonchev–Trinajstić information content (AvgIpc) is 3.07. The highest BCUT2D eigenvalue weighted by Gasteiger charge is 2.32. The predicted molar refractivity (Wildman–Crippen MR) is 89.9 cm³/mol. The molecule has 2 saturated carbocycles. The highest BCUT2D eigenvalue weighted by Crippen LogP contribution is 2.40. The predicted octanol–water partition coefficient (Wildman–Crippen LogP) is 3.30. The van der Waals surface area contributed by atoms with E-state index in [1.165, 1.54) is 50.9 Å². The molecule has 2 N–H and O–H groups in total. The van der Waals surface area contributed by atoms with Gasteiger partial charge in [0, 0.05) is 25.5 Å². The van der Waals surface area contributed by atoms with Crippen LogP contribution in [-0.4, -0.2) is 28.6 Å². The molecule has 2 aliphatic carbocycles. The number of nitrogens with one attached hydrogen (secondary N) is 2. The number of hydrogen-bond acceptors (Lipinski definition) is 2. The number of halogens is 2. The number of aliphatic imine (C=N–C) groups is 1. The lowest BCUT2D eigenvalue weighted by molar-refractivity contribution is 0.0668. The number of rotatable bonds is 4. The molecule has 3 unspecified atom stereocenters. The summed E-state index contributed by atoms with van der Waals surface area (Å²) in [7, 11) is 1.71. The summed E-state index contributed by atoms with van der Waals surface area (Å²) in [5.74, 6) is 2.72. The van der Waals surface area contributed by atoms with Gasteiger partial charge in [-0.05, 0) is 31.1 Å². The minimum absolute atomic E-state index is 0.232. The summed E-state index contributed by atoms with van der Waals surface area (Å²) >= 11 is 0. The van der Waals surface area contributed by atoms with Crippen molar-refractivity contribution in [3.8, 4) is 0 Å². The van der Waals surface area contributed by atoms with E-state index in [2.05, 4.69) is 20.6 Å². The maximum Gasteiger partial charge on any atom is 0.319 e. The third-order valence-electron chi connectivity index (χ3n) is 5.48. The zero-order valence-corrected chi connectivity index (χ0v) is 14.2. The van der Waals surface area contributed by atoms with Gasteiger partial charge in [-0.1, -0.05) is 25.7 Å². The molecule has 2 fully saturated rings. The largest absolute Gasteiger partial charge is 0.354 e. The van der Waals surface area contributed by atoms with Crippen molar-refractivity contribution in [1.29, 1.82) is 0 Å². The number of fused-ring (bicyclic) bond motifs is 1. The van der Waals surface area contributed by atoms with Gasteiger partial charge in [0.2, 0.25) is 0 Å². The lowest BCUT2D eigenvalue weighted by atomic mass is 9.69. The first kappa shape index (κ1) is 17.2. The van der Waals surface area contributed by atoms with Crippen LogP contribution in [0, 0.1) is 11.8 Å². The van der Waals surface area contributed by atoms with Gasteiger partial charge in [0.05, 0.1) is 6.54 Å². The van der Waals surface area contributed by atoms with Crippen molar-refractivity contribution < 1.29 is 8.78 Å². The zero-order valence-electron chi connectivity index (χ0n) is 14.2. The fraction of sp³-hybridized carbons (Fsp3) is 0.765. The van der Waals surface area contributed by atoms with Gasteiger partial charge in [-0.15, -0.1) is 0 Å². The Hall–Kier alpha value is -1.66. The Balaban J connectivity index is 1.51. The Bertz CT molecular complexity index is 557. The van der Waals surface area contributed by atoms with E-state index in [1.807, 2.05) is 0 Å². The first-order chi connectivity index (χ1) is 11.7. The van der Waals surface area contributed by atoms with Gasteiger partial charge in [0.15, 0.2) is 5.96 Å². The van der Waals surface area contributed by atoms with Crippen LogP contribution in [0.3, 0.4) is 0 Å². The number of alkyl halides is 2. The van der Waals surface area contributed by atoms with Crippen molar-refractivity contribution in [3.05, 3.63) is 18.2 Å². The van der Waals surface area contributed by atoms with Gasteiger partial charge in [-0.25, -0.2) is 4.98 Å². The van der Waals surface area contributed by atoms with Crippen molar-refractivity contribution in [2.45, 2.75) is 64.1 Å². The molecule has 24 heavy (non-hydrogen) atoms. The van der Waals surface area contributed by atoms with E-state index in [0.29, 0.717) is 17.8 Å². The average molecular weight is 339 g/mol. The molecule has 0 saturated heterocycles. The Morgan fingerprint density at radius 1 is 1.29 bits per heavy atom. The third-order valence-corrected chi connectivity index (χ3v) is 5.48. The van der Waals surface area contributed by atoms with Crippen LogP contribution >= 0.6 is 0 Å². The maximum absolute atomic E-state index is 12.8. The molecule has 5 nitrogen and oxygen atoms in total. The fourth-order valence-corrected chi connectivity index (χ4v) is 4.21. The van der Waals surface area contributed by atoms with E-state index < -0.39 is 6.55 Å². The van der Waals surface area contributed by atoms with Crippen LogP contribution in [0.15, 0.2) is 17.4 Å². The molecule has 1 aromatic rings. The summed E-state index contributed by atoms with van der Waals surface area (Å²) in [6, 6.07) is 0.422. The maximum atomic E-state index is 12.8. The van der Waals surface area contributed by atoms with Crippen molar-refractivity contribution in [2.75, 3.05) is 7.05 Å². The van der Waals surface area contributed by atoms with Crippen LogP contribution < -0.4 is 10.6 Å². The molecular weight excluding hydrogens is 312 g/mol. The van der Waals surface area contributed by atoms with Crippen LogP contribution in [0.25, 0.3) is 0 Å². The summed E-state index contributed by atoms with van der Waals surface area (Å²) in [5.41, 5.74) is 0. The van der Waals surface area contributed by atoms with Gasteiger partial charge < -0.3 is 10.6 Å². The minimum Gasteiger partial charge on any atom is -0.354 e. The Labute approximate surface area is 141 Å². The zero-order chi connectivity index (χ0) is 16.9. The lowest BCUT2D eigenvalue weighted by Crippen LogP contribution is -2.46. The molecule has 3 atom stereocenters. The number of nitrogens with zero attached hydrogens (tertiary/aromatic N) is 3. The van der Waals surface area contributed by atoms with Crippen molar-refractivity contribution >= 4 is 5.96 Å². The van der Waals surface area contributed by atoms with Crippen LogP contribution in [0.1, 0.15) is 57.3 Å². The molecular formula is C17H27F2N5. The van der Waals surface area contributed by atoms with Gasteiger partial charge in [0.1, 0.15) is 5.82 Å². The van der Waals surface area contributed by atoms with Crippen LogP contribution in [0.5, 0.6) is 0 Å². The van der Waals surface area contributed by atoms with Crippen LogP contribution in [0.4, 0.5) is 8.78 Å². The fourth-order valence-electron chi connectivity index (χ4n) is 4.21. The lowest BCUT2D eigenvalue weighted by Gasteiger charge is -2.39. The molecule has 2 aliphatic rings. The molecule has 0 aromatic carbocycles. The van der Waals surface area contributed by atoms with Crippen LogP contribution in [0.2, 0.25) is 0 Å². The number of imidazole rings is 1. The quantitative estimate of drug-likeness (QED) is 0.654. The highest BCUT2D eigenvalue weighted by atomic mass is 19.3. The SMILES string of the molecule is CN=C(NCc1nccn1C(F)F)NC1CCC2CCCCC2C1. The third kappa shape index (κ3) is 4.05. The molecule has 1 heterocycles. The molecule has 0 radical (unpaired) electrons. The number of guanidine groups is 1. The molecule has 0 bridgehead atoms. The van der Waals surface area contributed by atoms with Gasteiger partial charge >= 0.3 is 6.55 Å². The molecule has 0 amide bonds. The smallest absolute Gasteiger partial charge is 0.319 e. The molecule has 7 heteroatoms. The van der Waals surface area contributed by atoms with E-state index in [4.69, 9.17) is 0 Å². The second-order valence-electron chi connectivity index (χ2n) is 6.91. The summed E-state index contributed by atoms with van der Waals surface area (Å²) < 4.78 is 26.6. The highest BCUT2D eigenvalue weighted by molar-refractivity contribution is 5.79. The first-order valence-corrected chi connectivity index (χ1v) is 8.94. The van der Waals surface area contributed by atoms with E-state index in [1.54, 1.807) is 7.05 Å². The normalized spacial score (nSPS) is 27.8.